The smallest absolute Gasteiger partial charge is 0.231 e. The Morgan fingerprint density at radius 3 is 2.61 bits per heavy atom. The number of rotatable bonds is 3. The van der Waals surface area contributed by atoms with E-state index in [-0.39, 0.29) is 6.79 Å². The fraction of sp³-hybridized carbons (Fsp3) is 0.571. The van der Waals surface area contributed by atoms with Crippen molar-refractivity contribution >= 4 is 0 Å². The topological polar surface area (TPSA) is 30.5 Å². The first-order chi connectivity index (χ1) is 8.86. The molecule has 2 aliphatic rings. The van der Waals surface area contributed by atoms with Gasteiger partial charge in [-0.15, -0.1) is 0 Å². The van der Waals surface area contributed by atoms with Gasteiger partial charge in [-0.3, -0.25) is 0 Å². The number of hydrogen-bond acceptors (Lipinski definition) is 3. The Morgan fingerprint density at radius 1 is 1.17 bits per heavy atom. The molecule has 4 heteroatoms. The highest BCUT2D eigenvalue weighted by Gasteiger charge is 2.20. The van der Waals surface area contributed by atoms with Gasteiger partial charge in [0, 0.05) is 6.04 Å². The molecule has 1 saturated heterocycles. The van der Waals surface area contributed by atoms with Crippen LogP contribution in [0.2, 0.25) is 0 Å². The quantitative estimate of drug-likeness (QED) is 0.895. The predicted molar refractivity (Wildman–Crippen MR) is 66.7 cm³/mol. The Balaban J connectivity index is 1.81. The van der Waals surface area contributed by atoms with Gasteiger partial charge in [-0.05, 0) is 49.1 Å². The lowest BCUT2D eigenvalue weighted by molar-refractivity contribution is 0.174. The molecule has 1 aromatic carbocycles. The van der Waals surface area contributed by atoms with Gasteiger partial charge >= 0.3 is 0 Å². The van der Waals surface area contributed by atoms with Gasteiger partial charge in [-0.25, -0.2) is 4.39 Å². The molecule has 3 nitrogen and oxygen atoms in total. The fourth-order valence-corrected chi connectivity index (χ4v) is 2.70. The Bertz CT molecular complexity index is 430. The molecule has 18 heavy (non-hydrogen) atoms. The van der Waals surface area contributed by atoms with E-state index in [2.05, 4.69) is 5.32 Å². The van der Waals surface area contributed by atoms with E-state index in [1.165, 1.54) is 19.3 Å². The van der Waals surface area contributed by atoms with Gasteiger partial charge in [0.15, 0.2) is 11.5 Å². The van der Waals surface area contributed by atoms with E-state index in [1.807, 2.05) is 6.07 Å². The summed E-state index contributed by atoms with van der Waals surface area (Å²) >= 11 is 0. The minimum atomic E-state index is -0.446. The third-order valence-electron chi connectivity index (χ3n) is 3.72. The summed E-state index contributed by atoms with van der Waals surface area (Å²) < 4.78 is 23.7. The standard InChI is InChI=1S/C14H18FNO2/c15-8-11-7-14-13(17-9-18-14)6-10(11)5-12-3-1-2-4-16-12/h6-7,12,16H,1-5,8-9H2. The molecule has 1 N–H and O–H groups in total. The van der Waals surface area contributed by atoms with E-state index < -0.39 is 6.67 Å². The minimum absolute atomic E-state index is 0.242. The summed E-state index contributed by atoms with van der Waals surface area (Å²) in [5, 5.41) is 3.49. The summed E-state index contributed by atoms with van der Waals surface area (Å²) in [6.07, 6.45) is 4.54. The maximum atomic E-state index is 13.1. The Labute approximate surface area is 106 Å². The van der Waals surface area contributed by atoms with E-state index in [0.717, 1.165) is 29.8 Å². The third-order valence-corrected chi connectivity index (χ3v) is 3.72. The van der Waals surface area contributed by atoms with Crippen LogP contribution in [0.5, 0.6) is 11.5 Å². The first kappa shape index (κ1) is 11.8. The van der Waals surface area contributed by atoms with Crippen LogP contribution in [-0.4, -0.2) is 19.4 Å². The van der Waals surface area contributed by atoms with Gasteiger partial charge < -0.3 is 14.8 Å². The second kappa shape index (κ2) is 5.14. The summed E-state index contributed by atoms with van der Waals surface area (Å²) in [6.45, 7) is 0.866. The van der Waals surface area contributed by atoms with Crippen molar-refractivity contribution in [2.75, 3.05) is 13.3 Å². The molecule has 0 bridgehead atoms. The van der Waals surface area contributed by atoms with E-state index in [0.29, 0.717) is 11.8 Å². The largest absolute Gasteiger partial charge is 0.454 e. The molecule has 3 rings (SSSR count). The molecule has 2 heterocycles. The Morgan fingerprint density at radius 2 is 1.94 bits per heavy atom. The van der Waals surface area contributed by atoms with Crippen molar-refractivity contribution in [2.24, 2.45) is 0 Å². The van der Waals surface area contributed by atoms with Gasteiger partial charge in [-0.1, -0.05) is 6.42 Å². The predicted octanol–water partition coefficient (Wildman–Crippen LogP) is 2.57. The van der Waals surface area contributed by atoms with Gasteiger partial charge in [0.2, 0.25) is 6.79 Å². The van der Waals surface area contributed by atoms with Gasteiger partial charge in [0.05, 0.1) is 0 Å². The number of alkyl halides is 1. The number of ether oxygens (including phenoxy) is 2. The van der Waals surface area contributed by atoms with Gasteiger partial charge in [-0.2, -0.15) is 0 Å². The number of piperidine rings is 1. The minimum Gasteiger partial charge on any atom is -0.454 e. The molecule has 0 aliphatic carbocycles. The van der Waals surface area contributed by atoms with Crippen molar-refractivity contribution in [3.63, 3.8) is 0 Å². The normalized spacial score (nSPS) is 22.2. The van der Waals surface area contributed by atoms with Crippen LogP contribution in [0.25, 0.3) is 0 Å². The van der Waals surface area contributed by atoms with Crippen molar-refractivity contribution in [1.29, 1.82) is 0 Å². The number of halogens is 1. The van der Waals surface area contributed by atoms with Crippen molar-refractivity contribution < 1.29 is 13.9 Å². The summed E-state index contributed by atoms with van der Waals surface area (Å²) in [6, 6.07) is 4.18. The average Bonchev–Trinajstić information content (AvgIpc) is 2.86. The molecule has 0 radical (unpaired) electrons. The molecule has 1 atom stereocenters. The molecule has 0 aromatic heterocycles. The molecule has 1 unspecified atom stereocenters. The SMILES string of the molecule is FCc1cc2c(cc1CC1CCCCN1)OCO2. The second-order valence-corrected chi connectivity index (χ2v) is 4.96. The van der Waals surface area contributed by atoms with E-state index in [1.54, 1.807) is 6.07 Å². The summed E-state index contributed by atoms with van der Waals surface area (Å²) in [4.78, 5) is 0. The highest BCUT2D eigenvalue weighted by Crippen LogP contribution is 2.35. The lowest BCUT2D eigenvalue weighted by Gasteiger charge is -2.24. The molecule has 2 aliphatic heterocycles. The van der Waals surface area contributed by atoms with Crippen molar-refractivity contribution in [2.45, 2.75) is 38.4 Å². The molecular weight excluding hydrogens is 233 g/mol. The molecule has 98 valence electrons. The molecule has 0 amide bonds. The number of fused-ring (bicyclic) bond motifs is 1. The van der Waals surface area contributed by atoms with Crippen LogP contribution in [0.15, 0.2) is 12.1 Å². The van der Waals surface area contributed by atoms with Crippen LogP contribution in [0.1, 0.15) is 30.4 Å². The van der Waals surface area contributed by atoms with Crippen LogP contribution in [0.4, 0.5) is 4.39 Å². The van der Waals surface area contributed by atoms with E-state index in [4.69, 9.17) is 9.47 Å². The fourth-order valence-electron chi connectivity index (χ4n) is 2.70. The van der Waals surface area contributed by atoms with Crippen LogP contribution in [0, 0.1) is 0 Å². The van der Waals surface area contributed by atoms with Crippen molar-refractivity contribution in [3.05, 3.63) is 23.3 Å². The first-order valence-electron chi connectivity index (χ1n) is 6.57. The van der Waals surface area contributed by atoms with Crippen LogP contribution in [0.3, 0.4) is 0 Å². The highest BCUT2D eigenvalue weighted by molar-refractivity contribution is 5.48. The molecule has 0 spiro atoms. The average molecular weight is 251 g/mol. The lowest BCUT2D eigenvalue weighted by atomic mass is 9.95. The Kier molecular flexibility index (Phi) is 3.37. The van der Waals surface area contributed by atoms with Crippen molar-refractivity contribution in [1.82, 2.24) is 5.32 Å². The van der Waals surface area contributed by atoms with Crippen LogP contribution >= 0.6 is 0 Å². The lowest BCUT2D eigenvalue weighted by Crippen LogP contribution is -2.35. The molecular formula is C14H18FNO2. The monoisotopic (exact) mass is 251 g/mol. The molecule has 1 fully saturated rings. The maximum Gasteiger partial charge on any atom is 0.231 e. The van der Waals surface area contributed by atoms with Gasteiger partial charge in [0.25, 0.3) is 0 Å². The number of hydrogen-bond donors (Lipinski definition) is 1. The summed E-state index contributed by atoms with van der Waals surface area (Å²) in [7, 11) is 0. The van der Waals surface area contributed by atoms with E-state index >= 15 is 0 Å². The zero-order chi connectivity index (χ0) is 12.4. The van der Waals surface area contributed by atoms with Crippen molar-refractivity contribution in [3.8, 4) is 11.5 Å². The molecule has 1 aromatic rings. The number of benzene rings is 1. The highest BCUT2D eigenvalue weighted by atomic mass is 19.1. The summed E-state index contributed by atoms with van der Waals surface area (Å²) in [5.41, 5.74) is 1.77. The zero-order valence-corrected chi connectivity index (χ0v) is 10.4. The van der Waals surface area contributed by atoms with Crippen LogP contribution < -0.4 is 14.8 Å². The zero-order valence-electron chi connectivity index (χ0n) is 10.4. The first-order valence-corrected chi connectivity index (χ1v) is 6.57. The van der Waals surface area contributed by atoms with Crippen LogP contribution in [-0.2, 0) is 13.1 Å². The third kappa shape index (κ3) is 2.29. The van der Waals surface area contributed by atoms with Gasteiger partial charge in [0.1, 0.15) is 6.67 Å². The summed E-state index contributed by atoms with van der Waals surface area (Å²) in [5.74, 6) is 1.42. The second-order valence-electron chi connectivity index (χ2n) is 4.96. The Hall–Kier alpha value is -1.29. The maximum absolute atomic E-state index is 13.1. The number of nitrogens with one attached hydrogen (secondary N) is 1. The van der Waals surface area contributed by atoms with E-state index in [9.17, 15) is 4.39 Å². The molecule has 0 saturated carbocycles.